The van der Waals surface area contributed by atoms with Crippen LogP contribution in [0, 0.1) is 0 Å². The van der Waals surface area contributed by atoms with Gasteiger partial charge in [0.1, 0.15) is 12.4 Å². The maximum atomic E-state index is 5.85. The average molecular weight is 388 g/mol. The Morgan fingerprint density at radius 3 is 2.57 bits per heavy atom. The summed E-state index contributed by atoms with van der Waals surface area (Å²) in [5.74, 6) is 2.45. The molecule has 0 radical (unpaired) electrons. The number of para-hydroxylation sites is 1. The van der Waals surface area contributed by atoms with Crippen LogP contribution < -0.4 is 4.74 Å². The van der Waals surface area contributed by atoms with E-state index in [2.05, 4.69) is 63.8 Å². The van der Waals surface area contributed by atoms with Crippen LogP contribution in [0.2, 0.25) is 0 Å². The summed E-state index contributed by atoms with van der Waals surface area (Å²) in [4.78, 5) is 0. The molecule has 0 aliphatic heterocycles. The molecule has 5 heteroatoms. The van der Waals surface area contributed by atoms with Gasteiger partial charge in [-0.2, -0.15) is 0 Å². The Balaban J connectivity index is 1.51. The molecule has 140 valence electrons. The summed E-state index contributed by atoms with van der Waals surface area (Å²) in [6, 6.07) is 24.6. The summed E-state index contributed by atoms with van der Waals surface area (Å²) in [6.07, 6.45) is 1.86. The number of hydrogen-bond acceptors (Lipinski definition) is 4. The first-order valence-electron chi connectivity index (χ1n) is 9.15. The lowest BCUT2D eigenvalue weighted by molar-refractivity contribution is 0.289. The molecular weight excluding hydrogens is 366 g/mol. The van der Waals surface area contributed by atoms with Crippen LogP contribution in [0.4, 0.5) is 0 Å². The number of rotatable bonds is 8. The molecule has 0 atom stereocenters. The lowest BCUT2D eigenvalue weighted by Crippen LogP contribution is -2.07. The average Bonchev–Trinajstić information content (AvgIpc) is 3.13. The molecule has 0 N–H and O–H groups in total. The molecule has 1 aromatic heterocycles. The molecule has 4 aromatic rings. The zero-order valence-electron chi connectivity index (χ0n) is 15.5. The Morgan fingerprint density at radius 2 is 1.71 bits per heavy atom. The number of hydrogen-bond donors (Lipinski definition) is 0. The van der Waals surface area contributed by atoms with E-state index < -0.39 is 0 Å². The first-order chi connectivity index (χ1) is 13.8. The van der Waals surface area contributed by atoms with Gasteiger partial charge in [0, 0.05) is 12.3 Å². The predicted octanol–water partition coefficient (Wildman–Crippen LogP) is 5.49. The van der Waals surface area contributed by atoms with Crippen molar-refractivity contribution in [1.29, 1.82) is 0 Å². The van der Waals surface area contributed by atoms with Crippen molar-refractivity contribution < 1.29 is 4.74 Å². The lowest BCUT2D eigenvalue weighted by atomic mass is 10.1. The number of aromatic nitrogens is 3. The van der Waals surface area contributed by atoms with Gasteiger partial charge in [0.05, 0.1) is 0 Å². The molecular formula is C23H21N3OS. The van der Waals surface area contributed by atoms with E-state index in [0.29, 0.717) is 13.2 Å². The highest BCUT2D eigenvalue weighted by Gasteiger charge is 2.13. The van der Waals surface area contributed by atoms with Gasteiger partial charge in [-0.1, -0.05) is 78.5 Å². The largest absolute Gasteiger partial charge is 0.486 e. The molecule has 1 heterocycles. The number of nitrogens with zero attached hydrogens (tertiary/aromatic N) is 3. The van der Waals surface area contributed by atoms with Crippen LogP contribution in [0.15, 0.2) is 90.6 Å². The fourth-order valence-electron chi connectivity index (χ4n) is 3.07. The summed E-state index contributed by atoms with van der Waals surface area (Å²) in [7, 11) is 0. The Labute approximate surface area is 168 Å². The Kier molecular flexibility index (Phi) is 5.73. The maximum absolute atomic E-state index is 5.85. The van der Waals surface area contributed by atoms with Crippen molar-refractivity contribution in [3.05, 3.63) is 96.8 Å². The van der Waals surface area contributed by atoms with E-state index in [9.17, 15) is 0 Å². The summed E-state index contributed by atoms with van der Waals surface area (Å²) in [5, 5.41) is 12.1. The fourth-order valence-corrected chi connectivity index (χ4v) is 4.04. The SMILES string of the molecule is C=CCn1c(COc2ccccc2)nnc1SCc1cccc2ccccc12. The molecule has 28 heavy (non-hydrogen) atoms. The fraction of sp³-hybridized carbons (Fsp3) is 0.130. The zero-order valence-corrected chi connectivity index (χ0v) is 16.3. The summed E-state index contributed by atoms with van der Waals surface area (Å²) < 4.78 is 7.91. The maximum Gasteiger partial charge on any atom is 0.191 e. The van der Waals surface area contributed by atoms with Gasteiger partial charge in [-0.05, 0) is 28.5 Å². The molecule has 0 bridgehead atoms. The second kappa shape index (κ2) is 8.76. The number of fused-ring (bicyclic) bond motifs is 1. The molecule has 0 saturated heterocycles. The number of allylic oxidation sites excluding steroid dienone is 1. The molecule has 0 unspecified atom stereocenters. The Morgan fingerprint density at radius 1 is 0.929 bits per heavy atom. The van der Waals surface area contributed by atoms with E-state index in [1.807, 2.05) is 36.4 Å². The normalized spacial score (nSPS) is 10.9. The van der Waals surface area contributed by atoms with Gasteiger partial charge >= 0.3 is 0 Å². The standard InChI is InChI=1S/C23H21N3OS/c1-2-15-26-22(16-27-20-12-4-3-5-13-20)24-25-23(26)28-17-19-11-8-10-18-9-6-7-14-21(18)19/h2-14H,1,15-17H2. The van der Waals surface area contributed by atoms with Gasteiger partial charge in [0.2, 0.25) is 0 Å². The molecule has 4 nitrogen and oxygen atoms in total. The monoisotopic (exact) mass is 387 g/mol. The molecule has 0 saturated carbocycles. The third kappa shape index (κ3) is 4.10. The van der Waals surface area contributed by atoms with Gasteiger partial charge in [0.15, 0.2) is 11.0 Å². The first-order valence-corrected chi connectivity index (χ1v) is 10.1. The van der Waals surface area contributed by atoms with Crippen LogP contribution in [0.25, 0.3) is 10.8 Å². The van der Waals surface area contributed by atoms with E-state index in [1.54, 1.807) is 11.8 Å². The summed E-state index contributed by atoms with van der Waals surface area (Å²) in [6.45, 7) is 4.89. The highest BCUT2D eigenvalue weighted by molar-refractivity contribution is 7.98. The third-order valence-electron chi connectivity index (χ3n) is 4.45. The third-order valence-corrected chi connectivity index (χ3v) is 5.47. The lowest BCUT2D eigenvalue weighted by Gasteiger charge is -2.10. The van der Waals surface area contributed by atoms with E-state index in [0.717, 1.165) is 22.5 Å². The molecule has 0 aliphatic rings. The molecule has 0 aliphatic carbocycles. The zero-order chi connectivity index (χ0) is 19.2. The molecule has 0 spiro atoms. The summed E-state index contributed by atoms with van der Waals surface area (Å²) in [5.41, 5.74) is 1.29. The number of thioether (sulfide) groups is 1. The van der Waals surface area contributed by atoms with Gasteiger partial charge in [-0.15, -0.1) is 16.8 Å². The minimum absolute atomic E-state index is 0.375. The minimum Gasteiger partial charge on any atom is -0.486 e. The van der Waals surface area contributed by atoms with Crippen LogP contribution in [-0.4, -0.2) is 14.8 Å². The van der Waals surface area contributed by atoms with Crippen molar-refractivity contribution in [2.45, 2.75) is 24.1 Å². The first kappa shape index (κ1) is 18.3. The smallest absolute Gasteiger partial charge is 0.191 e. The van der Waals surface area contributed by atoms with Crippen molar-refractivity contribution in [2.24, 2.45) is 0 Å². The predicted molar refractivity (Wildman–Crippen MR) is 115 cm³/mol. The van der Waals surface area contributed by atoms with Crippen LogP contribution in [0.1, 0.15) is 11.4 Å². The number of ether oxygens (including phenoxy) is 1. The second-order valence-corrected chi connectivity index (χ2v) is 7.27. The van der Waals surface area contributed by atoms with E-state index in [4.69, 9.17) is 4.74 Å². The highest BCUT2D eigenvalue weighted by atomic mass is 32.2. The van der Waals surface area contributed by atoms with E-state index in [1.165, 1.54) is 16.3 Å². The van der Waals surface area contributed by atoms with Gasteiger partial charge in [-0.25, -0.2) is 0 Å². The van der Waals surface area contributed by atoms with Crippen molar-refractivity contribution in [1.82, 2.24) is 14.8 Å². The highest BCUT2D eigenvalue weighted by Crippen LogP contribution is 2.27. The molecule has 0 amide bonds. The van der Waals surface area contributed by atoms with Crippen molar-refractivity contribution in [3.8, 4) is 5.75 Å². The van der Waals surface area contributed by atoms with Crippen LogP contribution >= 0.6 is 11.8 Å². The second-order valence-electron chi connectivity index (χ2n) is 6.33. The van der Waals surface area contributed by atoms with Gasteiger partial charge in [0.25, 0.3) is 0 Å². The Bertz CT molecular complexity index is 1070. The minimum atomic E-state index is 0.375. The van der Waals surface area contributed by atoms with Crippen molar-refractivity contribution in [3.63, 3.8) is 0 Å². The molecule has 3 aromatic carbocycles. The summed E-state index contributed by atoms with van der Waals surface area (Å²) >= 11 is 1.68. The molecule has 0 fully saturated rings. The Hall–Kier alpha value is -3.05. The van der Waals surface area contributed by atoms with Gasteiger partial charge in [-0.3, -0.25) is 4.57 Å². The van der Waals surface area contributed by atoms with E-state index in [-0.39, 0.29) is 0 Å². The van der Waals surface area contributed by atoms with Crippen LogP contribution in [0.5, 0.6) is 5.75 Å². The van der Waals surface area contributed by atoms with Crippen molar-refractivity contribution in [2.75, 3.05) is 0 Å². The van der Waals surface area contributed by atoms with Gasteiger partial charge < -0.3 is 4.74 Å². The molecule has 4 rings (SSSR count). The van der Waals surface area contributed by atoms with Crippen LogP contribution in [0.3, 0.4) is 0 Å². The topological polar surface area (TPSA) is 39.9 Å². The van der Waals surface area contributed by atoms with Crippen LogP contribution in [-0.2, 0) is 18.9 Å². The van der Waals surface area contributed by atoms with Crippen molar-refractivity contribution >= 4 is 22.5 Å². The quantitative estimate of drug-likeness (QED) is 0.296. The number of benzene rings is 3. The van der Waals surface area contributed by atoms with E-state index >= 15 is 0 Å².